The van der Waals surface area contributed by atoms with E-state index in [-0.39, 0.29) is 12.5 Å². The van der Waals surface area contributed by atoms with E-state index in [1.54, 1.807) is 36.1 Å². The minimum Gasteiger partial charge on any atom is -0.481 e. The molecule has 5 nitrogen and oxygen atoms in total. The van der Waals surface area contributed by atoms with Crippen molar-refractivity contribution in [3.8, 4) is 11.5 Å². The van der Waals surface area contributed by atoms with Gasteiger partial charge in [-0.05, 0) is 43.7 Å². The first-order valence-corrected chi connectivity index (χ1v) is 7.84. The number of carbonyl (C=O) groups excluding carboxylic acids is 1. The lowest BCUT2D eigenvalue weighted by molar-refractivity contribution is -0.147. The molecule has 0 bridgehead atoms. The molecule has 1 saturated heterocycles. The zero-order chi connectivity index (χ0) is 17.2. The third kappa shape index (κ3) is 3.25. The Labute approximate surface area is 140 Å². The molecule has 0 aliphatic carbocycles. The number of para-hydroxylation sites is 1. The number of carboxylic acids is 1. The number of hydrogen-bond acceptors (Lipinski definition) is 3. The van der Waals surface area contributed by atoms with Crippen molar-refractivity contribution >= 4 is 11.9 Å². The molecule has 124 valence electrons. The molecule has 0 aromatic heterocycles. The Morgan fingerprint density at radius 1 is 1.08 bits per heavy atom. The van der Waals surface area contributed by atoms with Crippen molar-refractivity contribution in [1.82, 2.24) is 4.90 Å². The second kappa shape index (κ2) is 6.35. The summed E-state index contributed by atoms with van der Waals surface area (Å²) in [6.45, 7) is 2.36. The lowest BCUT2D eigenvalue weighted by Crippen LogP contribution is -2.34. The highest BCUT2D eigenvalue weighted by Gasteiger charge is 2.42. The van der Waals surface area contributed by atoms with Gasteiger partial charge >= 0.3 is 5.97 Å². The van der Waals surface area contributed by atoms with Crippen molar-refractivity contribution in [2.75, 3.05) is 13.1 Å². The van der Waals surface area contributed by atoms with Gasteiger partial charge in [0.2, 0.25) is 0 Å². The van der Waals surface area contributed by atoms with E-state index in [2.05, 4.69) is 0 Å². The Morgan fingerprint density at radius 3 is 2.46 bits per heavy atom. The molecule has 0 saturated carbocycles. The summed E-state index contributed by atoms with van der Waals surface area (Å²) >= 11 is 0. The Hall–Kier alpha value is -2.82. The molecule has 1 amide bonds. The highest BCUT2D eigenvalue weighted by Crippen LogP contribution is 2.31. The normalized spacial score (nSPS) is 20.0. The van der Waals surface area contributed by atoms with E-state index < -0.39 is 11.4 Å². The smallest absolute Gasteiger partial charge is 0.311 e. The number of aliphatic carboxylic acids is 1. The molecular weight excluding hydrogens is 306 g/mol. The molecule has 1 aliphatic heterocycles. The van der Waals surface area contributed by atoms with Crippen LogP contribution in [0.2, 0.25) is 0 Å². The minimum atomic E-state index is -0.867. The maximum absolute atomic E-state index is 12.6. The van der Waals surface area contributed by atoms with Gasteiger partial charge in [0.25, 0.3) is 5.91 Å². The van der Waals surface area contributed by atoms with Crippen LogP contribution in [0.15, 0.2) is 54.6 Å². The fraction of sp³-hybridized carbons (Fsp3) is 0.263. The second-order valence-electron chi connectivity index (χ2n) is 6.29. The van der Waals surface area contributed by atoms with Crippen LogP contribution in [0.5, 0.6) is 11.5 Å². The number of carbonyl (C=O) groups is 2. The minimum absolute atomic E-state index is 0.168. The van der Waals surface area contributed by atoms with Gasteiger partial charge in [0, 0.05) is 18.7 Å². The third-order valence-corrected chi connectivity index (χ3v) is 4.34. The van der Waals surface area contributed by atoms with E-state index in [1.165, 1.54) is 0 Å². The van der Waals surface area contributed by atoms with Crippen LogP contribution in [0.1, 0.15) is 23.7 Å². The first kappa shape index (κ1) is 16.1. The molecule has 24 heavy (non-hydrogen) atoms. The van der Waals surface area contributed by atoms with Gasteiger partial charge in [-0.1, -0.05) is 24.3 Å². The summed E-state index contributed by atoms with van der Waals surface area (Å²) < 4.78 is 5.75. The molecular formula is C19H19NO4. The van der Waals surface area contributed by atoms with Crippen molar-refractivity contribution in [3.05, 3.63) is 60.2 Å². The fourth-order valence-corrected chi connectivity index (χ4v) is 2.81. The molecule has 1 fully saturated rings. The molecule has 1 heterocycles. The van der Waals surface area contributed by atoms with Crippen molar-refractivity contribution in [1.29, 1.82) is 0 Å². The highest BCUT2D eigenvalue weighted by molar-refractivity contribution is 5.95. The number of ether oxygens (including phenoxy) is 1. The van der Waals surface area contributed by atoms with Gasteiger partial charge in [0.15, 0.2) is 0 Å². The van der Waals surface area contributed by atoms with E-state index in [0.717, 1.165) is 0 Å². The first-order valence-electron chi connectivity index (χ1n) is 7.84. The maximum Gasteiger partial charge on any atom is 0.311 e. The van der Waals surface area contributed by atoms with Crippen LogP contribution in [-0.4, -0.2) is 35.0 Å². The summed E-state index contributed by atoms with van der Waals surface area (Å²) in [6, 6.07) is 16.3. The summed E-state index contributed by atoms with van der Waals surface area (Å²) in [5, 5.41) is 9.29. The number of benzene rings is 2. The van der Waals surface area contributed by atoms with Crippen LogP contribution in [0.3, 0.4) is 0 Å². The zero-order valence-electron chi connectivity index (χ0n) is 13.4. The molecule has 1 atom stereocenters. The summed E-state index contributed by atoms with van der Waals surface area (Å²) in [5.74, 6) is 0.242. The monoisotopic (exact) mass is 325 g/mol. The second-order valence-corrected chi connectivity index (χ2v) is 6.29. The van der Waals surface area contributed by atoms with Crippen LogP contribution in [0.4, 0.5) is 0 Å². The number of hydrogen-bond donors (Lipinski definition) is 1. The number of amides is 1. The Balaban J connectivity index is 1.74. The standard InChI is InChI=1S/C19H19NO4/c1-19(18(22)23)10-11-20(13-19)17(21)14-6-5-9-16(12-14)24-15-7-3-2-4-8-15/h2-9,12H,10-11,13H2,1H3,(H,22,23). The predicted molar refractivity (Wildman–Crippen MR) is 89.2 cm³/mol. The van der Waals surface area contributed by atoms with Crippen LogP contribution in [0.25, 0.3) is 0 Å². The highest BCUT2D eigenvalue weighted by atomic mass is 16.5. The van der Waals surface area contributed by atoms with Crippen LogP contribution in [-0.2, 0) is 4.79 Å². The Kier molecular flexibility index (Phi) is 4.25. The zero-order valence-corrected chi connectivity index (χ0v) is 13.4. The third-order valence-electron chi connectivity index (χ3n) is 4.34. The first-order chi connectivity index (χ1) is 11.5. The number of likely N-dealkylation sites (tertiary alicyclic amines) is 1. The number of carboxylic acid groups (broad SMARTS) is 1. The van der Waals surface area contributed by atoms with E-state index in [4.69, 9.17) is 4.74 Å². The van der Waals surface area contributed by atoms with Gasteiger partial charge in [0.05, 0.1) is 5.41 Å². The largest absolute Gasteiger partial charge is 0.481 e. The van der Waals surface area contributed by atoms with Gasteiger partial charge in [-0.2, -0.15) is 0 Å². The SMILES string of the molecule is CC1(C(=O)O)CCN(C(=O)c2cccc(Oc3ccccc3)c2)C1. The molecule has 1 aliphatic rings. The Bertz CT molecular complexity index is 759. The molecule has 2 aromatic rings. The fourth-order valence-electron chi connectivity index (χ4n) is 2.81. The number of rotatable bonds is 4. The summed E-state index contributed by atoms with van der Waals surface area (Å²) in [5.41, 5.74) is -0.369. The van der Waals surface area contributed by atoms with Crippen molar-refractivity contribution in [3.63, 3.8) is 0 Å². The van der Waals surface area contributed by atoms with Gasteiger partial charge < -0.3 is 14.7 Å². The van der Waals surface area contributed by atoms with Gasteiger partial charge in [-0.3, -0.25) is 9.59 Å². The molecule has 2 aromatic carbocycles. The van der Waals surface area contributed by atoms with Crippen molar-refractivity contribution in [2.24, 2.45) is 5.41 Å². The molecule has 5 heteroatoms. The average molecular weight is 325 g/mol. The van der Waals surface area contributed by atoms with Gasteiger partial charge in [0.1, 0.15) is 11.5 Å². The topological polar surface area (TPSA) is 66.8 Å². The van der Waals surface area contributed by atoms with Crippen molar-refractivity contribution < 1.29 is 19.4 Å². The lowest BCUT2D eigenvalue weighted by atomic mass is 9.90. The van der Waals surface area contributed by atoms with Gasteiger partial charge in [-0.25, -0.2) is 0 Å². The molecule has 3 rings (SSSR count). The average Bonchev–Trinajstić information content (AvgIpc) is 2.99. The molecule has 0 spiro atoms. The Morgan fingerprint density at radius 2 is 1.79 bits per heavy atom. The molecule has 1 N–H and O–H groups in total. The lowest BCUT2D eigenvalue weighted by Gasteiger charge is -2.20. The summed E-state index contributed by atoms with van der Waals surface area (Å²) in [7, 11) is 0. The van der Waals surface area contributed by atoms with E-state index in [9.17, 15) is 14.7 Å². The predicted octanol–water partition coefficient (Wildman–Crippen LogP) is 3.42. The molecule has 1 unspecified atom stereocenters. The summed E-state index contributed by atoms with van der Waals surface area (Å²) in [6.07, 6.45) is 0.467. The quantitative estimate of drug-likeness (QED) is 0.935. The van der Waals surface area contributed by atoms with Crippen molar-refractivity contribution in [2.45, 2.75) is 13.3 Å². The van der Waals surface area contributed by atoms with E-state index >= 15 is 0 Å². The number of nitrogens with zero attached hydrogens (tertiary/aromatic N) is 1. The van der Waals surface area contributed by atoms with Crippen LogP contribution in [0, 0.1) is 5.41 Å². The van der Waals surface area contributed by atoms with Crippen LogP contribution >= 0.6 is 0 Å². The van der Waals surface area contributed by atoms with Crippen LogP contribution < -0.4 is 4.74 Å². The molecule has 0 radical (unpaired) electrons. The summed E-state index contributed by atoms with van der Waals surface area (Å²) in [4.78, 5) is 25.6. The van der Waals surface area contributed by atoms with E-state index in [1.807, 2.05) is 30.3 Å². The van der Waals surface area contributed by atoms with E-state index in [0.29, 0.717) is 30.0 Å². The maximum atomic E-state index is 12.6. The van der Waals surface area contributed by atoms with Gasteiger partial charge in [-0.15, -0.1) is 0 Å².